The van der Waals surface area contributed by atoms with Crippen molar-refractivity contribution in [1.82, 2.24) is 20.2 Å². The molecule has 3 aromatic rings. The zero-order chi connectivity index (χ0) is 14.1. The fraction of sp³-hybridized carbons (Fsp3) is 0.154. The van der Waals surface area contributed by atoms with E-state index < -0.39 is 11.6 Å². The molecule has 0 amide bonds. The summed E-state index contributed by atoms with van der Waals surface area (Å²) in [6.07, 6.45) is 3.35. The predicted molar refractivity (Wildman–Crippen MR) is 67.1 cm³/mol. The highest BCUT2D eigenvalue weighted by Gasteiger charge is 2.11. The molecule has 0 bridgehead atoms. The summed E-state index contributed by atoms with van der Waals surface area (Å²) in [5.74, 6) is -1.06. The molecule has 0 saturated carbocycles. The van der Waals surface area contributed by atoms with Gasteiger partial charge in [-0.05, 0) is 13.0 Å². The number of rotatable bonds is 3. The Morgan fingerprint density at radius 2 is 1.95 bits per heavy atom. The smallest absolute Gasteiger partial charge is 0.181 e. The van der Waals surface area contributed by atoms with E-state index in [0.29, 0.717) is 11.4 Å². The summed E-state index contributed by atoms with van der Waals surface area (Å²) in [7, 11) is 0. The first-order valence-electron chi connectivity index (χ1n) is 5.86. The molecule has 0 aliphatic rings. The highest BCUT2D eigenvalue weighted by Crippen LogP contribution is 2.21. The van der Waals surface area contributed by atoms with Gasteiger partial charge in [-0.1, -0.05) is 0 Å². The first kappa shape index (κ1) is 12.5. The lowest BCUT2D eigenvalue weighted by molar-refractivity contribution is 0.291. The van der Waals surface area contributed by atoms with Gasteiger partial charge in [-0.2, -0.15) is 5.10 Å². The minimum Gasteiger partial charge on any atom is -0.487 e. The topological polar surface area (TPSA) is 63.7 Å². The Hall–Kier alpha value is -2.57. The monoisotopic (exact) mass is 276 g/mol. The second-order valence-electron chi connectivity index (χ2n) is 4.26. The number of nitrogens with one attached hydrogen (secondary N) is 1. The third-order valence-corrected chi connectivity index (χ3v) is 2.91. The number of pyridine rings is 2. The van der Waals surface area contributed by atoms with Crippen molar-refractivity contribution in [2.75, 3.05) is 0 Å². The summed E-state index contributed by atoms with van der Waals surface area (Å²) in [5, 5.41) is 7.59. The lowest BCUT2D eigenvalue weighted by atomic mass is 10.2. The molecule has 0 saturated heterocycles. The van der Waals surface area contributed by atoms with E-state index >= 15 is 0 Å². The Morgan fingerprint density at radius 3 is 2.70 bits per heavy atom. The highest BCUT2D eigenvalue weighted by molar-refractivity contribution is 5.78. The summed E-state index contributed by atoms with van der Waals surface area (Å²) < 4.78 is 32.2. The molecule has 5 nitrogen and oxygen atoms in total. The number of aromatic amines is 1. The number of hydrogen-bond acceptors (Lipinski definition) is 4. The van der Waals surface area contributed by atoms with Gasteiger partial charge in [0.1, 0.15) is 12.4 Å². The number of H-pyrrole nitrogens is 1. The molecule has 102 valence electrons. The first-order valence-corrected chi connectivity index (χ1v) is 5.86. The molecule has 0 atom stereocenters. The Morgan fingerprint density at radius 1 is 1.20 bits per heavy atom. The van der Waals surface area contributed by atoms with E-state index in [1.165, 1.54) is 6.20 Å². The summed E-state index contributed by atoms with van der Waals surface area (Å²) in [4.78, 5) is 7.51. The van der Waals surface area contributed by atoms with E-state index in [4.69, 9.17) is 4.74 Å². The van der Waals surface area contributed by atoms with Gasteiger partial charge in [-0.25, -0.2) is 13.8 Å². The molecule has 0 aromatic carbocycles. The van der Waals surface area contributed by atoms with Crippen molar-refractivity contribution in [3.8, 4) is 5.75 Å². The van der Waals surface area contributed by atoms with Gasteiger partial charge < -0.3 is 4.74 Å². The van der Waals surface area contributed by atoms with Gasteiger partial charge in [0.15, 0.2) is 17.3 Å². The van der Waals surface area contributed by atoms with Gasteiger partial charge in [0, 0.05) is 11.1 Å². The number of ether oxygens (including phenoxy) is 1. The molecule has 0 aliphatic carbocycles. The summed E-state index contributed by atoms with van der Waals surface area (Å²) in [6.45, 7) is 1.62. The maximum Gasteiger partial charge on any atom is 0.181 e. The molecule has 0 fully saturated rings. The fourth-order valence-corrected chi connectivity index (χ4v) is 1.81. The number of halogens is 2. The van der Waals surface area contributed by atoms with Crippen LogP contribution >= 0.6 is 0 Å². The van der Waals surface area contributed by atoms with Crippen LogP contribution in [-0.4, -0.2) is 20.2 Å². The first-order chi connectivity index (χ1) is 9.65. The molecular formula is C13H10F2N4O. The third kappa shape index (κ3) is 2.18. The van der Waals surface area contributed by atoms with E-state index in [0.717, 1.165) is 23.5 Å². The van der Waals surface area contributed by atoms with Crippen LogP contribution in [0.5, 0.6) is 5.75 Å². The Bertz CT molecular complexity index is 752. The molecule has 3 heterocycles. The van der Waals surface area contributed by atoms with Gasteiger partial charge in [0.05, 0.1) is 24.2 Å². The minimum absolute atomic E-state index is 0.163. The third-order valence-electron chi connectivity index (χ3n) is 2.91. The van der Waals surface area contributed by atoms with Crippen molar-refractivity contribution in [2.24, 2.45) is 0 Å². The van der Waals surface area contributed by atoms with E-state index in [1.807, 2.05) is 6.92 Å². The Kier molecular flexibility index (Phi) is 3.02. The molecule has 20 heavy (non-hydrogen) atoms. The Labute approximate surface area is 112 Å². The SMILES string of the molecule is Cc1[nH]nc2ncc(OCc3c(F)cncc3F)cc12. The molecule has 3 rings (SSSR count). The van der Waals surface area contributed by atoms with Crippen molar-refractivity contribution in [3.63, 3.8) is 0 Å². The lowest BCUT2D eigenvalue weighted by Gasteiger charge is -2.07. The van der Waals surface area contributed by atoms with Crippen LogP contribution in [0.25, 0.3) is 11.0 Å². The van der Waals surface area contributed by atoms with Crippen molar-refractivity contribution < 1.29 is 13.5 Å². The maximum atomic E-state index is 13.4. The number of nitrogens with zero attached hydrogens (tertiary/aromatic N) is 3. The Balaban J connectivity index is 1.85. The molecule has 3 aromatic heterocycles. The van der Waals surface area contributed by atoms with Gasteiger partial charge in [-0.15, -0.1) is 0 Å². The van der Waals surface area contributed by atoms with Crippen LogP contribution in [0.3, 0.4) is 0 Å². The van der Waals surface area contributed by atoms with E-state index in [2.05, 4.69) is 20.2 Å². The molecule has 0 aliphatic heterocycles. The largest absolute Gasteiger partial charge is 0.487 e. The molecule has 1 N–H and O–H groups in total. The number of hydrogen-bond donors (Lipinski definition) is 1. The zero-order valence-corrected chi connectivity index (χ0v) is 10.5. The van der Waals surface area contributed by atoms with Gasteiger partial charge in [0.2, 0.25) is 0 Å². The van der Waals surface area contributed by atoms with Gasteiger partial charge >= 0.3 is 0 Å². The average molecular weight is 276 g/mol. The van der Waals surface area contributed by atoms with E-state index in [9.17, 15) is 8.78 Å². The van der Waals surface area contributed by atoms with Crippen molar-refractivity contribution in [3.05, 3.63) is 47.5 Å². The van der Waals surface area contributed by atoms with E-state index in [-0.39, 0.29) is 12.2 Å². The number of aryl methyl sites for hydroxylation is 1. The summed E-state index contributed by atoms with van der Waals surface area (Å²) >= 11 is 0. The van der Waals surface area contributed by atoms with Crippen LogP contribution in [0.1, 0.15) is 11.3 Å². The van der Waals surface area contributed by atoms with Crippen molar-refractivity contribution in [1.29, 1.82) is 0 Å². The lowest BCUT2D eigenvalue weighted by Crippen LogP contribution is -2.03. The quantitative estimate of drug-likeness (QED) is 0.798. The number of fused-ring (bicyclic) bond motifs is 1. The average Bonchev–Trinajstić information content (AvgIpc) is 2.80. The van der Waals surface area contributed by atoms with Crippen LogP contribution < -0.4 is 4.74 Å². The molecule has 0 unspecified atom stereocenters. The van der Waals surface area contributed by atoms with Crippen LogP contribution in [0, 0.1) is 18.6 Å². The molecule has 0 spiro atoms. The van der Waals surface area contributed by atoms with Gasteiger partial charge in [0.25, 0.3) is 0 Å². The van der Waals surface area contributed by atoms with Crippen LogP contribution in [0.4, 0.5) is 8.78 Å². The predicted octanol–water partition coefficient (Wildman–Crippen LogP) is 2.52. The maximum absolute atomic E-state index is 13.4. The summed E-state index contributed by atoms with van der Waals surface area (Å²) in [6, 6.07) is 1.72. The van der Waals surface area contributed by atoms with E-state index in [1.54, 1.807) is 6.07 Å². The van der Waals surface area contributed by atoms with Crippen molar-refractivity contribution in [2.45, 2.75) is 13.5 Å². The normalized spacial score (nSPS) is 10.9. The molecular weight excluding hydrogens is 266 g/mol. The fourth-order valence-electron chi connectivity index (χ4n) is 1.81. The van der Waals surface area contributed by atoms with Crippen molar-refractivity contribution >= 4 is 11.0 Å². The second kappa shape index (κ2) is 4.84. The van der Waals surface area contributed by atoms with Crippen LogP contribution in [0.15, 0.2) is 24.7 Å². The minimum atomic E-state index is -0.737. The van der Waals surface area contributed by atoms with Gasteiger partial charge in [-0.3, -0.25) is 10.1 Å². The zero-order valence-electron chi connectivity index (χ0n) is 10.5. The number of aromatic nitrogens is 4. The standard InChI is InChI=1S/C13H10F2N4O/c1-7-9-2-8(3-17-13(9)19-18-7)20-6-10-11(14)4-16-5-12(10)15/h2-5H,6H2,1H3,(H,17,18,19). The highest BCUT2D eigenvalue weighted by atomic mass is 19.1. The second-order valence-corrected chi connectivity index (χ2v) is 4.26. The molecule has 7 heteroatoms. The molecule has 0 radical (unpaired) electrons. The summed E-state index contributed by atoms with van der Waals surface area (Å²) in [5.41, 5.74) is 1.25. The van der Waals surface area contributed by atoms with Crippen LogP contribution in [-0.2, 0) is 6.61 Å². The van der Waals surface area contributed by atoms with Crippen LogP contribution in [0.2, 0.25) is 0 Å².